The molecule has 0 amide bonds. The number of aromatic nitrogens is 5. The van der Waals surface area contributed by atoms with Gasteiger partial charge < -0.3 is 9.13 Å². The van der Waals surface area contributed by atoms with Gasteiger partial charge in [0.2, 0.25) is 0 Å². The van der Waals surface area contributed by atoms with E-state index in [1.165, 1.54) is 38.8 Å². The van der Waals surface area contributed by atoms with E-state index in [2.05, 4.69) is 216 Å². The van der Waals surface area contributed by atoms with Crippen LogP contribution in [0.15, 0.2) is 134 Å². The van der Waals surface area contributed by atoms with Gasteiger partial charge in [-0.25, -0.2) is 4.98 Å². The van der Waals surface area contributed by atoms with Gasteiger partial charge in [-0.1, -0.05) is 143 Å². The van der Waals surface area contributed by atoms with Crippen molar-refractivity contribution in [2.45, 2.75) is 73.1 Å². The van der Waals surface area contributed by atoms with Crippen LogP contribution in [-0.2, 0) is 31.9 Å². The quantitative estimate of drug-likeness (QED) is 0.161. The average Bonchev–Trinajstić information content (AvgIpc) is 3.88. The molecule has 0 fully saturated rings. The normalized spacial score (nSPS) is 12.2. The maximum absolute atomic E-state index is 5.56. The molecule has 10 rings (SSSR count). The smallest absolute Gasteiger partial charge is 0.358 e. The van der Waals surface area contributed by atoms with Crippen molar-refractivity contribution in [3.05, 3.63) is 174 Å². The first-order valence-corrected chi connectivity index (χ1v) is 20.9. The van der Waals surface area contributed by atoms with Gasteiger partial charge >= 0.3 is 21.1 Å². The minimum Gasteiger partial charge on any atom is -0.358 e. The molecule has 0 saturated carbocycles. The summed E-state index contributed by atoms with van der Waals surface area (Å²) in [4.78, 5) is 4.95. The molecule has 0 saturated heterocycles. The van der Waals surface area contributed by atoms with Crippen molar-refractivity contribution in [3.8, 4) is 39.6 Å². The van der Waals surface area contributed by atoms with Crippen LogP contribution in [-0.4, -0.2) is 23.9 Å². The largest absolute Gasteiger partial charge is 2.00 e. The second-order valence-electron chi connectivity index (χ2n) is 18.4. The van der Waals surface area contributed by atoms with Crippen LogP contribution in [0.2, 0.25) is 0 Å². The first kappa shape index (κ1) is 40.4. The molecule has 6 heteroatoms. The maximum atomic E-state index is 5.56. The van der Waals surface area contributed by atoms with E-state index in [1.54, 1.807) is 0 Å². The third-order valence-corrected chi connectivity index (χ3v) is 12.0. The summed E-state index contributed by atoms with van der Waals surface area (Å²) in [6.07, 6.45) is 1.93. The predicted molar refractivity (Wildman–Crippen MR) is 250 cm³/mol. The van der Waals surface area contributed by atoms with Gasteiger partial charge in [-0.15, -0.1) is 35.0 Å². The molecule has 304 valence electrons. The van der Waals surface area contributed by atoms with E-state index in [4.69, 9.17) is 10.1 Å². The average molecular weight is 975 g/mol. The van der Waals surface area contributed by atoms with Crippen molar-refractivity contribution >= 4 is 43.6 Å². The van der Waals surface area contributed by atoms with E-state index >= 15 is 0 Å². The topological polar surface area (TPSA) is 40.6 Å². The van der Waals surface area contributed by atoms with Gasteiger partial charge in [0.25, 0.3) is 0 Å². The Balaban J connectivity index is 0.00000476. The molecule has 0 aliphatic heterocycles. The Bertz CT molecular complexity index is 3290. The number of nitrogens with zero attached hydrogens (tertiary/aromatic N) is 5. The zero-order chi connectivity index (χ0) is 41.7. The third-order valence-electron chi connectivity index (χ3n) is 12.0. The number of aryl methyl sites for hydroxylation is 3. The summed E-state index contributed by atoms with van der Waals surface area (Å²) in [5.74, 6) is 0.884. The molecule has 4 aromatic heterocycles. The summed E-state index contributed by atoms with van der Waals surface area (Å²) < 4.78 is 6.73. The molecular formula is C55H49N5Pt. The molecule has 10 aromatic rings. The molecule has 61 heavy (non-hydrogen) atoms. The molecule has 5 nitrogen and oxygen atoms in total. The van der Waals surface area contributed by atoms with Crippen LogP contribution >= 0.6 is 0 Å². The van der Waals surface area contributed by atoms with E-state index < -0.39 is 0 Å². The Hall–Kier alpha value is -6.03. The molecule has 0 aliphatic carbocycles. The Kier molecular flexibility index (Phi) is 9.83. The SMILES string of the molecule is Cc1cc(C)c(-c2c(C(C)(C)C)nn(-c3[c-]c4c(cc3)c3ccccc3n4-c3[c-]c4c(cc3)c3ccccc3n4-c3cc(C(C)(C)C)ccn3)c2-c2ccccc2)c(C)c1.[Pt+2]. The van der Waals surface area contributed by atoms with Gasteiger partial charge in [-0.3, -0.25) is 4.68 Å². The molecule has 6 aromatic carbocycles. The van der Waals surface area contributed by atoms with Crippen molar-refractivity contribution in [3.63, 3.8) is 0 Å². The number of para-hydroxylation sites is 2. The molecule has 0 atom stereocenters. The van der Waals surface area contributed by atoms with E-state index in [9.17, 15) is 0 Å². The fourth-order valence-electron chi connectivity index (χ4n) is 9.30. The van der Waals surface area contributed by atoms with Gasteiger partial charge in [-0.2, -0.15) is 17.2 Å². The van der Waals surface area contributed by atoms with Crippen LogP contribution in [0.1, 0.15) is 69.5 Å². The van der Waals surface area contributed by atoms with Crippen molar-refractivity contribution in [2.75, 3.05) is 0 Å². The Morgan fingerprint density at radius 3 is 1.70 bits per heavy atom. The van der Waals surface area contributed by atoms with Gasteiger partial charge in [0.1, 0.15) is 5.82 Å². The Morgan fingerprint density at radius 2 is 1.08 bits per heavy atom. The van der Waals surface area contributed by atoms with Gasteiger partial charge in [0.15, 0.2) is 0 Å². The molecular weight excluding hydrogens is 926 g/mol. The number of rotatable bonds is 5. The van der Waals surface area contributed by atoms with E-state index in [-0.39, 0.29) is 31.9 Å². The van der Waals surface area contributed by atoms with Crippen molar-refractivity contribution in [1.29, 1.82) is 0 Å². The van der Waals surface area contributed by atoms with Gasteiger partial charge in [0, 0.05) is 33.8 Å². The first-order chi connectivity index (χ1) is 28.8. The fourth-order valence-corrected chi connectivity index (χ4v) is 9.30. The molecule has 0 radical (unpaired) electrons. The minimum absolute atomic E-state index is 0. The van der Waals surface area contributed by atoms with E-state index in [0.717, 1.165) is 72.4 Å². The summed E-state index contributed by atoms with van der Waals surface area (Å²) in [6.45, 7) is 20.2. The van der Waals surface area contributed by atoms with Crippen LogP contribution < -0.4 is 0 Å². The second-order valence-corrected chi connectivity index (χ2v) is 18.4. The van der Waals surface area contributed by atoms with E-state index in [1.807, 2.05) is 6.20 Å². The molecule has 0 N–H and O–H groups in total. The zero-order valence-electron chi connectivity index (χ0n) is 36.3. The van der Waals surface area contributed by atoms with Crippen molar-refractivity contribution in [2.24, 2.45) is 0 Å². The summed E-state index contributed by atoms with van der Waals surface area (Å²) in [5, 5.41) is 10.2. The second kappa shape index (κ2) is 14.9. The Morgan fingerprint density at radius 1 is 0.525 bits per heavy atom. The van der Waals surface area contributed by atoms with Crippen molar-refractivity contribution in [1.82, 2.24) is 23.9 Å². The zero-order valence-corrected chi connectivity index (χ0v) is 38.5. The van der Waals surface area contributed by atoms with Crippen LogP contribution in [0, 0.1) is 32.9 Å². The summed E-state index contributed by atoms with van der Waals surface area (Å²) in [5.41, 5.74) is 16.3. The van der Waals surface area contributed by atoms with Crippen LogP contribution in [0.25, 0.3) is 83.2 Å². The summed E-state index contributed by atoms with van der Waals surface area (Å²) in [7, 11) is 0. The Labute approximate surface area is 373 Å². The van der Waals surface area contributed by atoms with Crippen molar-refractivity contribution < 1.29 is 21.1 Å². The molecule has 0 bridgehead atoms. The van der Waals surface area contributed by atoms with Gasteiger partial charge in [0.05, 0.1) is 11.4 Å². The van der Waals surface area contributed by atoms with Crippen LogP contribution in [0.3, 0.4) is 0 Å². The molecule has 0 unspecified atom stereocenters. The number of hydrogen-bond acceptors (Lipinski definition) is 2. The number of pyridine rings is 1. The molecule has 0 spiro atoms. The number of fused-ring (bicyclic) bond motifs is 6. The van der Waals surface area contributed by atoms with Crippen LogP contribution in [0.5, 0.6) is 0 Å². The predicted octanol–water partition coefficient (Wildman–Crippen LogP) is 13.9. The number of hydrogen-bond donors (Lipinski definition) is 0. The standard InChI is InChI=1S/C55H49N5.Pt/c1-34-29-35(2)50(36(3)30-34)51-52(37-17-11-10-12-18-37)60(57-53(51)55(7,8)9)40-24-26-43-41-19-13-15-21-45(41)58(47(43)33-40)39-23-25-44-42-20-14-16-22-46(42)59(48(44)32-39)49-31-38(27-28-56-49)54(4,5)6;/h10-31H,1-9H3;/q-2;+2. The monoisotopic (exact) mass is 974 g/mol. The summed E-state index contributed by atoms with van der Waals surface area (Å²) in [6, 6.07) is 53.7. The van der Waals surface area contributed by atoms with Gasteiger partial charge in [-0.05, 0) is 89.2 Å². The fraction of sp³-hybridized carbons (Fsp3) is 0.200. The summed E-state index contributed by atoms with van der Waals surface area (Å²) >= 11 is 0. The number of benzene rings is 6. The third kappa shape index (κ3) is 6.66. The van der Waals surface area contributed by atoms with E-state index in [0.29, 0.717) is 0 Å². The molecule has 4 heterocycles. The molecule has 0 aliphatic rings. The minimum atomic E-state index is -0.239. The first-order valence-electron chi connectivity index (χ1n) is 20.9. The van der Waals surface area contributed by atoms with Crippen LogP contribution in [0.4, 0.5) is 0 Å². The maximum Gasteiger partial charge on any atom is 2.00 e.